The lowest BCUT2D eigenvalue weighted by atomic mass is 10.2. The molecule has 5 heteroatoms. The summed E-state index contributed by atoms with van der Waals surface area (Å²) in [6.07, 6.45) is 0. The molecule has 92 valence electrons. The number of aromatic carboxylic acids is 1. The second kappa shape index (κ2) is 5.55. The molecule has 18 heavy (non-hydrogen) atoms. The Morgan fingerprint density at radius 2 is 1.67 bits per heavy atom. The van der Waals surface area contributed by atoms with E-state index in [1.807, 2.05) is 0 Å². The highest BCUT2D eigenvalue weighted by Crippen LogP contribution is 2.21. The van der Waals surface area contributed by atoms with E-state index in [4.69, 9.17) is 5.11 Å². The average Bonchev–Trinajstić information content (AvgIpc) is 2.38. The van der Waals surface area contributed by atoms with Crippen molar-refractivity contribution in [2.75, 3.05) is 4.72 Å². The minimum atomic E-state index is -0.951. The van der Waals surface area contributed by atoms with Gasteiger partial charge in [0.25, 0.3) is 0 Å². The minimum Gasteiger partial charge on any atom is -0.478 e. The first kappa shape index (κ1) is 12.4. The molecule has 0 aliphatic carbocycles. The molecule has 0 spiro atoms. The van der Waals surface area contributed by atoms with E-state index in [1.54, 1.807) is 24.3 Å². The zero-order valence-electron chi connectivity index (χ0n) is 9.26. The van der Waals surface area contributed by atoms with Gasteiger partial charge in [0.05, 0.1) is 5.56 Å². The van der Waals surface area contributed by atoms with Crippen LogP contribution in [0.3, 0.4) is 0 Å². The van der Waals surface area contributed by atoms with Crippen LogP contribution in [0.25, 0.3) is 0 Å². The number of nitrogens with one attached hydrogen (secondary N) is 1. The quantitative estimate of drug-likeness (QED) is 0.827. The molecule has 0 aliphatic heterocycles. The molecule has 0 bridgehead atoms. The fraction of sp³-hybridized carbons (Fsp3) is 0. The maximum Gasteiger partial charge on any atom is 0.335 e. The predicted molar refractivity (Wildman–Crippen MR) is 69.3 cm³/mol. The fourth-order valence-electron chi connectivity index (χ4n) is 1.30. The van der Waals surface area contributed by atoms with E-state index in [-0.39, 0.29) is 11.4 Å². The van der Waals surface area contributed by atoms with Crippen molar-refractivity contribution in [3.63, 3.8) is 0 Å². The van der Waals surface area contributed by atoms with Gasteiger partial charge in [0, 0.05) is 10.6 Å². The zero-order valence-corrected chi connectivity index (χ0v) is 10.1. The Bertz CT molecular complexity index is 540. The van der Waals surface area contributed by atoms with Crippen molar-refractivity contribution in [3.05, 3.63) is 59.9 Å². The molecule has 0 radical (unpaired) electrons. The summed E-state index contributed by atoms with van der Waals surface area (Å²) in [6, 6.07) is 12.5. The summed E-state index contributed by atoms with van der Waals surface area (Å²) in [5.74, 6) is -1.22. The highest BCUT2D eigenvalue weighted by Gasteiger charge is 2.01. The van der Waals surface area contributed by atoms with Gasteiger partial charge in [-0.05, 0) is 60.5 Å². The topological polar surface area (TPSA) is 49.3 Å². The van der Waals surface area contributed by atoms with E-state index >= 15 is 0 Å². The molecule has 0 fully saturated rings. The number of carbonyl (C=O) groups is 1. The van der Waals surface area contributed by atoms with Crippen LogP contribution < -0.4 is 4.72 Å². The number of rotatable bonds is 4. The van der Waals surface area contributed by atoms with Crippen molar-refractivity contribution in [3.8, 4) is 0 Å². The maximum absolute atomic E-state index is 12.7. The second-order valence-corrected chi connectivity index (χ2v) is 4.42. The molecule has 0 heterocycles. The number of hydrogen-bond acceptors (Lipinski definition) is 3. The zero-order chi connectivity index (χ0) is 13.0. The lowest BCUT2D eigenvalue weighted by molar-refractivity contribution is 0.0697. The van der Waals surface area contributed by atoms with E-state index in [0.717, 1.165) is 10.6 Å². The maximum atomic E-state index is 12.7. The van der Waals surface area contributed by atoms with E-state index < -0.39 is 5.97 Å². The van der Waals surface area contributed by atoms with Gasteiger partial charge in [-0.15, -0.1) is 0 Å². The smallest absolute Gasteiger partial charge is 0.335 e. The van der Waals surface area contributed by atoms with Crippen molar-refractivity contribution < 1.29 is 14.3 Å². The molecule has 0 aliphatic rings. The first-order valence-corrected chi connectivity index (χ1v) is 5.98. The van der Waals surface area contributed by atoms with Crippen LogP contribution in [0.1, 0.15) is 10.4 Å². The summed E-state index contributed by atoms with van der Waals surface area (Å²) < 4.78 is 15.7. The summed E-state index contributed by atoms with van der Waals surface area (Å²) >= 11 is 1.33. The molecular formula is C13H10FNO2S. The SMILES string of the molecule is O=C(O)c1ccc(NSc2ccc(F)cc2)cc1. The number of anilines is 1. The lowest BCUT2D eigenvalue weighted by Crippen LogP contribution is -1.95. The molecule has 0 aromatic heterocycles. The molecule has 2 aromatic carbocycles. The van der Waals surface area contributed by atoms with Crippen molar-refractivity contribution in [1.29, 1.82) is 0 Å². The first-order chi connectivity index (χ1) is 8.65. The molecule has 2 aromatic rings. The molecule has 0 amide bonds. The van der Waals surface area contributed by atoms with Gasteiger partial charge in [0.2, 0.25) is 0 Å². The molecule has 0 unspecified atom stereocenters. The van der Waals surface area contributed by atoms with E-state index in [1.165, 1.54) is 36.2 Å². The largest absolute Gasteiger partial charge is 0.478 e. The Hall–Kier alpha value is -2.01. The third-order valence-electron chi connectivity index (χ3n) is 2.23. The highest BCUT2D eigenvalue weighted by atomic mass is 32.2. The Morgan fingerprint density at radius 3 is 2.22 bits per heavy atom. The van der Waals surface area contributed by atoms with Gasteiger partial charge in [0.15, 0.2) is 0 Å². The van der Waals surface area contributed by atoms with E-state index in [0.29, 0.717) is 0 Å². The normalized spacial score (nSPS) is 10.1. The van der Waals surface area contributed by atoms with Gasteiger partial charge in [-0.25, -0.2) is 9.18 Å². The van der Waals surface area contributed by atoms with Crippen LogP contribution in [0.2, 0.25) is 0 Å². The van der Waals surface area contributed by atoms with Crippen LogP contribution >= 0.6 is 11.9 Å². The first-order valence-electron chi connectivity index (χ1n) is 5.17. The van der Waals surface area contributed by atoms with Crippen LogP contribution in [-0.4, -0.2) is 11.1 Å². The van der Waals surface area contributed by atoms with Crippen molar-refractivity contribution in [1.82, 2.24) is 0 Å². The summed E-state index contributed by atoms with van der Waals surface area (Å²) in [6.45, 7) is 0. The van der Waals surface area contributed by atoms with Crippen LogP contribution in [0, 0.1) is 5.82 Å². The van der Waals surface area contributed by atoms with Crippen molar-refractivity contribution >= 4 is 23.6 Å². The monoisotopic (exact) mass is 263 g/mol. The Morgan fingerprint density at radius 1 is 1.06 bits per heavy atom. The van der Waals surface area contributed by atoms with Gasteiger partial charge in [-0.3, -0.25) is 0 Å². The number of benzene rings is 2. The Kier molecular flexibility index (Phi) is 3.84. The third kappa shape index (κ3) is 3.24. The number of carboxylic acid groups (broad SMARTS) is 1. The van der Waals surface area contributed by atoms with E-state index in [2.05, 4.69) is 4.72 Å². The number of hydrogen-bond donors (Lipinski definition) is 2. The second-order valence-electron chi connectivity index (χ2n) is 3.54. The van der Waals surface area contributed by atoms with E-state index in [9.17, 15) is 9.18 Å². The Balaban J connectivity index is 1.97. The highest BCUT2D eigenvalue weighted by molar-refractivity contribution is 8.00. The fourth-order valence-corrected chi connectivity index (χ4v) is 1.95. The molecule has 2 rings (SSSR count). The van der Waals surface area contributed by atoms with Crippen molar-refractivity contribution in [2.45, 2.75) is 4.90 Å². The standard InChI is InChI=1S/C13H10FNO2S/c14-10-3-7-12(8-4-10)18-15-11-5-1-9(2-6-11)13(16)17/h1-8,15H,(H,16,17). The van der Waals surface area contributed by atoms with Gasteiger partial charge in [-0.2, -0.15) is 0 Å². The molecule has 2 N–H and O–H groups in total. The van der Waals surface area contributed by atoms with Gasteiger partial charge >= 0.3 is 5.97 Å². The van der Waals surface area contributed by atoms with Gasteiger partial charge in [0.1, 0.15) is 5.82 Å². The van der Waals surface area contributed by atoms with Gasteiger partial charge in [-0.1, -0.05) is 0 Å². The molecule has 3 nitrogen and oxygen atoms in total. The van der Waals surface area contributed by atoms with Crippen LogP contribution in [0.4, 0.5) is 10.1 Å². The van der Waals surface area contributed by atoms with Gasteiger partial charge < -0.3 is 9.83 Å². The van der Waals surface area contributed by atoms with Crippen LogP contribution in [-0.2, 0) is 0 Å². The molecule has 0 atom stereocenters. The lowest BCUT2D eigenvalue weighted by Gasteiger charge is -2.05. The molecular weight excluding hydrogens is 253 g/mol. The summed E-state index contributed by atoms with van der Waals surface area (Å²) in [5, 5.41) is 8.75. The number of carboxylic acids is 1. The minimum absolute atomic E-state index is 0.243. The summed E-state index contributed by atoms with van der Waals surface area (Å²) in [7, 11) is 0. The third-order valence-corrected chi connectivity index (χ3v) is 3.08. The van der Waals surface area contributed by atoms with Crippen molar-refractivity contribution in [2.24, 2.45) is 0 Å². The molecule has 0 saturated carbocycles. The average molecular weight is 263 g/mol. The summed E-state index contributed by atoms with van der Waals surface area (Å²) in [4.78, 5) is 11.5. The molecule has 0 saturated heterocycles. The predicted octanol–water partition coefficient (Wildman–Crippen LogP) is 3.64. The summed E-state index contributed by atoms with van der Waals surface area (Å²) in [5.41, 5.74) is 1.03. The van der Waals surface area contributed by atoms with Crippen LogP contribution in [0.5, 0.6) is 0 Å². The number of halogens is 1. The van der Waals surface area contributed by atoms with Crippen LogP contribution in [0.15, 0.2) is 53.4 Å². The Labute approximate surface area is 108 Å².